The number of nitriles is 1. The van der Waals surface area contributed by atoms with Crippen molar-refractivity contribution in [1.82, 2.24) is 15.0 Å². The highest BCUT2D eigenvalue weighted by molar-refractivity contribution is 6.30. The van der Waals surface area contributed by atoms with Gasteiger partial charge in [0.2, 0.25) is 0 Å². The highest BCUT2D eigenvalue weighted by Crippen LogP contribution is 2.31. The molecule has 0 N–H and O–H groups in total. The maximum absolute atomic E-state index is 8.89. The normalized spacial score (nSPS) is 10.4. The van der Waals surface area contributed by atoms with Crippen LogP contribution in [0.15, 0.2) is 24.8 Å². The van der Waals surface area contributed by atoms with E-state index in [2.05, 4.69) is 21.0 Å². The van der Waals surface area contributed by atoms with E-state index in [0.717, 1.165) is 16.8 Å². The summed E-state index contributed by atoms with van der Waals surface area (Å²) in [6, 6.07) is 3.81. The highest BCUT2D eigenvalue weighted by Gasteiger charge is 2.15. The topological polar surface area (TPSA) is 62.5 Å². The van der Waals surface area contributed by atoms with E-state index < -0.39 is 0 Å². The summed E-state index contributed by atoms with van der Waals surface area (Å²) in [4.78, 5) is 12.3. The SMILES string of the molecule is CC(C)c1c(Cl)ncnc1-c1cncc(C#N)c1. The van der Waals surface area contributed by atoms with Gasteiger partial charge in [-0.05, 0) is 12.0 Å². The van der Waals surface area contributed by atoms with E-state index in [9.17, 15) is 0 Å². The van der Waals surface area contributed by atoms with Crippen molar-refractivity contribution in [3.05, 3.63) is 41.1 Å². The summed E-state index contributed by atoms with van der Waals surface area (Å²) in [5.74, 6) is 0.194. The Hall–Kier alpha value is -1.99. The molecule has 5 heteroatoms. The molecule has 0 spiro atoms. The van der Waals surface area contributed by atoms with E-state index >= 15 is 0 Å². The van der Waals surface area contributed by atoms with Crippen LogP contribution in [0.3, 0.4) is 0 Å². The van der Waals surface area contributed by atoms with Gasteiger partial charge in [0, 0.05) is 23.5 Å². The lowest BCUT2D eigenvalue weighted by atomic mass is 9.99. The molecule has 0 unspecified atom stereocenters. The third-order valence-electron chi connectivity index (χ3n) is 2.55. The summed E-state index contributed by atoms with van der Waals surface area (Å²) in [6.07, 6.45) is 4.61. The van der Waals surface area contributed by atoms with Crippen LogP contribution < -0.4 is 0 Å². The molecule has 2 rings (SSSR count). The first-order valence-electron chi connectivity index (χ1n) is 5.49. The minimum absolute atomic E-state index is 0.194. The molecule has 90 valence electrons. The molecule has 0 amide bonds. The van der Waals surface area contributed by atoms with Gasteiger partial charge in [0.1, 0.15) is 17.5 Å². The average molecular weight is 259 g/mol. The predicted octanol–water partition coefficient (Wildman–Crippen LogP) is 3.19. The van der Waals surface area contributed by atoms with E-state index in [4.69, 9.17) is 16.9 Å². The van der Waals surface area contributed by atoms with Crippen molar-refractivity contribution < 1.29 is 0 Å². The van der Waals surface area contributed by atoms with Crippen LogP contribution in [0.25, 0.3) is 11.3 Å². The van der Waals surface area contributed by atoms with Gasteiger partial charge in [-0.15, -0.1) is 0 Å². The van der Waals surface area contributed by atoms with E-state index in [-0.39, 0.29) is 5.92 Å². The molecule has 4 nitrogen and oxygen atoms in total. The third kappa shape index (κ3) is 2.31. The van der Waals surface area contributed by atoms with Crippen LogP contribution in [0.5, 0.6) is 0 Å². The summed E-state index contributed by atoms with van der Waals surface area (Å²) in [6.45, 7) is 4.05. The predicted molar refractivity (Wildman–Crippen MR) is 69.1 cm³/mol. The van der Waals surface area contributed by atoms with Gasteiger partial charge in [0.25, 0.3) is 0 Å². The minimum atomic E-state index is 0.194. The number of aromatic nitrogens is 3. The van der Waals surface area contributed by atoms with Gasteiger partial charge in [0.15, 0.2) is 0 Å². The van der Waals surface area contributed by atoms with Gasteiger partial charge in [-0.2, -0.15) is 5.26 Å². The molecule has 0 atom stereocenters. The zero-order valence-corrected chi connectivity index (χ0v) is 10.8. The fourth-order valence-electron chi connectivity index (χ4n) is 1.75. The first-order valence-corrected chi connectivity index (χ1v) is 5.87. The van der Waals surface area contributed by atoms with Crippen molar-refractivity contribution in [3.63, 3.8) is 0 Å². The number of halogens is 1. The van der Waals surface area contributed by atoms with Crippen LogP contribution in [0.2, 0.25) is 5.15 Å². The van der Waals surface area contributed by atoms with Crippen LogP contribution in [-0.2, 0) is 0 Å². The molecule has 0 saturated heterocycles. The van der Waals surface area contributed by atoms with Gasteiger partial charge < -0.3 is 0 Å². The molecule has 0 bridgehead atoms. The molecule has 0 aliphatic rings. The van der Waals surface area contributed by atoms with Crippen molar-refractivity contribution in [2.75, 3.05) is 0 Å². The second-order valence-electron chi connectivity index (χ2n) is 4.16. The minimum Gasteiger partial charge on any atom is -0.263 e. The van der Waals surface area contributed by atoms with Gasteiger partial charge in [-0.3, -0.25) is 4.98 Å². The Labute approximate surface area is 110 Å². The van der Waals surface area contributed by atoms with Crippen LogP contribution in [-0.4, -0.2) is 15.0 Å². The van der Waals surface area contributed by atoms with Crippen molar-refractivity contribution >= 4 is 11.6 Å². The second-order valence-corrected chi connectivity index (χ2v) is 4.51. The zero-order valence-electron chi connectivity index (χ0n) is 10.1. The number of pyridine rings is 1. The van der Waals surface area contributed by atoms with Crippen LogP contribution >= 0.6 is 11.6 Å². The Kier molecular flexibility index (Phi) is 3.54. The first kappa shape index (κ1) is 12.5. The molecule has 0 fully saturated rings. The molecule has 2 heterocycles. The van der Waals surface area contributed by atoms with Crippen molar-refractivity contribution in [1.29, 1.82) is 5.26 Å². The summed E-state index contributed by atoms with van der Waals surface area (Å²) in [7, 11) is 0. The number of hydrogen-bond donors (Lipinski definition) is 0. The lowest BCUT2D eigenvalue weighted by Gasteiger charge is -2.12. The molecule has 0 saturated carbocycles. The number of rotatable bonds is 2. The van der Waals surface area contributed by atoms with E-state index in [1.807, 2.05) is 13.8 Å². The summed E-state index contributed by atoms with van der Waals surface area (Å²) >= 11 is 6.11. The maximum atomic E-state index is 8.89. The van der Waals surface area contributed by atoms with Crippen molar-refractivity contribution in [2.24, 2.45) is 0 Å². The molecular weight excluding hydrogens is 248 g/mol. The fraction of sp³-hybridized carbons (Fsp3) is 0.231. The zero-order chi connectivity index (χ0) is 13.1. The van der Waals surface area contributed by atoms with Crippen LogP contribution in [0.4, 0.5) is 0 Å². The third-order valence-corrected chi connectivity index (χ3v) is 2.85. The molecule has 0 aliphatic heterocycles. The van der Waals surface area contributed by atoms with Gasteiger partial charge in [0.05, 0.1) is 11.3 Å². The van der Waals surface area contributed by atoms with Crippen molar-refractivity contribution in [3.8, 4) is 17.3 Å². The molecule has 0 aromatic carbocycles. The Bertz CT molecular complexity index is 617. The van der Waals surface area contributed by atoms with Crippen molar-refractivity contribution in [2.45, 2.75) is 19.8 Å². The lowest BCUT2D eigenvalue weighted by Crippen LogP contribution is -1.99. The Balaban J connectivity index is 2.64. The quantitative estimate of drug-likeness (QED) is 0.776. The summed E-state index contributed by atoms with van der Waals surface area (Å²) < 4.78 is 0. The number of hydrogen-bond acceptors (Lipinski definition) is 4. The summed E-state index contributed by atoms with van der Waals surface area (Å²) in [5.41, 5.74) is 2.88. The van der Waals surface area contributed by atoms with Crippen LogP contribution in [0.1, 0.15) is 30.9 Å². The maximum Gasteiger partial charge on any atom is 0.136 e. The lowest BCUT2D eigenvalue weighted by molar-refractivity contribution is 0.849. The smallest absolute Gasteiger partial charge is 0.136 e. The highest BCUT2D eigenvalue weighted by atomic mass is 35.5. The molecule has 18 heavy (non-hydrogen) atoms. The Morgan fingerprint density at radius 1 is 1.28 bits per heavy atom. The van der Waals surface area contributed by atoms with E-state index in [1.165, 1.54) is 12.5 Å². The molecular formula is C13H11ClN4. The summed E-state index contributed by atoms with van der Waals surface area (Å²) in [5, 5.41) is 9.34. The average Bonchev–Trinajstić information content (AvgIpc) is 2.38. The molecule has 2 aromatic heterocycles. The molecule has 0 aliphatic carbocycles. The second kappa shape index (κ2) is 5.11. The van der Waals surface area contributed by atoms with E-state index in [0.29, 0.717) is 10.7 Å². The largest absolute Gasteiger partial charge is 0.263 e. The standard InChI is InChI=1S/C13H11ClN4/c1-8(2)11-12(17-7-18-13(11)14)10-3-9(4-15)5-16-6-10/h3,5-8H,1-2H3. The van der Waals surface area contributed by atoms with E-state index in [1.54, 1.807) is 12.3 Å². The van der Waals surface area contributed by atoms with Gasteiger partial charge >= 0.3 is 0 Å². The Morgan fingerprint density at radius 2 is 2.06 bits per heavy atom. The molecule has 0 radical (unpaired) electrons. The number of nitrogens with zero attached hydrogens (tertiary/aromatic N) is 4. The monoisotopic (exact) mass is 258 g/mol. The van der Waals surface area contributed by atoms with Crippen LogP contribution in [0, 0.1) is 11.3 Å². The van der Waals surface area contributed by atoms with Gasteiger partial charge in [-0.25, -0.2) is 9.97 Å². The first-order chi connectivity index (χ1) is 8.63. The van der Waals surface area contributed by atoms with Gasteiger partial charge in [-0.1, -0.05) is 25.4 Å². The fourth-order valence-corrected chi connectivity index (χ4v) is 2.10. The Morgan fingerprint density at radius 3 is 2.72 bits per heavy atom. The molecule has 2 aromatic rings.